The molecular formula is C15H23F3N4O2. The first kappa shape index (κ1) is 18.6. The molecule has 0 aromatic carbocycles. The van der Waals surface area contributed by atoms with Crippen LogP contribution in [0.4, 0.5) is 23.7 Å². The number of rotatable bonds is 4. The van der Waals surface area contributed by atoms with E-state index >= 15 is 0 Å². The molecule has 0 atom stereocenters. The Kier molecular flexibility index (Phi) is 4.85. The highest BCUT2D eigenvalue weighted by Crippen LogP contribution is 2.38. The number of halogens is 3. The van der Waals surface area contributed by atoms with Crippen molar-refractivity contribution in [1.29, 1.82) is 0 Å². The highest BCUT2D eigenvalue weighted by atomic mass is 19.4. The Balaban J connectivity index is 2.07. The van der Waals surface area contributed by atoms with Gasteiger partial charge in [-0.25, -0.2) is 4.79 Å². The highest BCUT2D eigenvalue weighted by molar-refractivity contribution is 5.90. The number of carbonyl (C=O) groups is 1. The molecule has 0 bridgehead atoms. The Bertz CT molecular complexity index is 604. The zero-order chi connectivity index (χ0) is 18.3. The molecule has 2 heterocycles. The molecule has 0 aliphatic carbocycles. The first-order chi connectivity index (χ1) is 10.9. The third-order valence-electron chi connectivity index (χ3n) is 3.93. The van der Waals surface area contributed by atoms with Crippen molar-refractivity contribution in [1.82, 2.24) is 14.7 Å². The molecule has 1 saturated heterocycles. The lowest BCUT2D eigenvalue weighted by molar-refractivity contribution is -0.293. The molecule has 9 heteroatoms. The summed E-state index contributed by atoms with van der Waals surface area (Å²) in [5.74, 6) is 0.452. The summed E-state index contributed by atoms with van der Waals surface area (Å²) in [4.78, 5) is 13.0. The van der Waals surface area contributed by atoms with Crippen molar-refractivity contribution in [2.24, 2.45) is 5.92 Å². The van der Waals surface area contributed by atoms with E-state index in [1.807, 2.05) is 27.7 Å². The van der Waals surface area contributed by atoms with Crippen LogP contribution in [-0.2, 0) is 6.54 Å². The smallest absolute Gasteiger partial charge is 0.378 e. The van der Waals surface area contributed by atoms with Gasteiger partial charge in [-0.2, -0.15) is 18.3 Å². The number of aliphatic hydroxyl groups is 1. The van der Waals surface area contributed by atoms with Crippen LogP contribution in [0.3, 0.4) is 0 Å². The number of hydrogen-bond donors (Lipinski definition) is 2. The van der Waals surface area contributed by atoms with Crippen LogP contribution >= 0.6 is 0 Å². The van der Waals surface area contributed by atoms with Crippen molar-refractivity contribution in [2.45, 2.75) is 51.9 Å². The van der Waals surface area contributed by atoms with E-state index in [2.05, 4.69) is 10.4 Å². The minimum absolute atomic E-state index is 0.0880. The van der Waals surface area contributed by atoms with Crippen LogP contribution in [0.1, 0.15) is 39.3 Å². The van der Waals surface area contributed by atoms with Crippen LogP contribution in [0.15, 0.2) is 6.20 Å². The fourth-order valence-corrected chi connectivity index (χ4v) is 2.69. The fraction of sp³-hybridized carbons (Fsp3) is 0.733. The van der Waals surface area contributed by atoms with Gasteiger partial charge in [0.15, 0.2) is 5.60 Å². The summed E-state index contributed by atoms with van der Waals surface area (Å²) in [6, 6.07) is -0.671. The summed E-state index contributed by atoms with van der Waals surface area (Å²) in [6.45, 7) is 7.15. The molecule has 1 aromatic rings. The Morgan fingerprint density at radius 2 is 1.96 bits per heavy atom. The average Bonchev–Trinajstić information content (AvgIpc) is 2.75. The molecule has 0 spiro atoms. The van der Waals surface area contributed by atoms with Gasteiger partial charge in [0.1, 0.15) is 0 Å². The second kappa shape index (κ2) is 6.27. The average molecular weight is 348 g/mol. The summed E-state index contributed by atoms with van der Waals surface area (Å²) in [6.07, 6.45) is -3.24. The standard InChI is InChI=1S/C15H23F3N4O2/c1-9(2)6-22-12(10(3)4)11(5-19-22)20-13(23)21-7-14(24,8-21)15(16,17)18/h5,9-10,24H,6-8H2,1-4H3,(H,20,23). The van der Waals surface area contributed by atoms with E-state index in [0.717, 1.165) is 10.6 Å². The summed E-state index contributed by atoms with van der Waals surface area (Å²) < 4.78 is 39.7. The minimum atomic E-state index is -4.74. The number of β-amino-alcohol motifs (C(OH)–C–C–N with tert-alkyl or cyclic N) is 1. The second-order valence-electron chi connectivity index (χ2n) is 6.99. The van der Waals surface area contributed by atoms with Gasteiger partial charge in [-0.15, -0.1) is 0 Å². The number of alkyl halides is 3. The van der Waals surface area contributed by atoms with Gasteiger partial charge < -0.3 is 15.3 Å². The van der Waals surface area contributed by atoms with Crippen molar-refractivity contribution < 1.29 is 23.1 Å². The quantitative estimate of drug-likeness (QED) is 0.879. The number of urea groups is 1. The van der Waals surface area contributed by atoms with Gasteiger partial charge >= 0.3 is 12.2 Å². The van der Waals surface area contributed by atoms with E-state index in [4.69, 9.17) is 0 Å². The number of likely N-dealkylation sites (tertiary alicyclic amines) is 1. The Hall–Kier alpha value is -1.77. The zero-order valence-electron chi connectivity index (χ0n) is 14.2. The van der Waals surface area contributed by atoms with E-state index in [-0.39, 0.29) is 5.92 Å². The predicted molar refractivity (Wildman–Crippen MR) is 82.8 cm³/mol. The minimum Gasteiger partial charge on any atom is -0.378 e. The van der Waals surface area contributed by atoms with E-state index in [1.165, 1.54) is 6.20 Å². The Labute approximate surface area is 138 Å². The topological polar surface area (TPSA) is 70.4 Å². The SMILES string of the molecule is CC(C)Cn1ncc(NC(=O)N2CC(O)(C(F)(F)F)C2)c1C(C)C. The monoisotopic (exact) mass is 348 g/mol. The van der Waals surface area contributed by atoms with Gasteiger partial charge in [-0.3, -0.25) is 4.68 Å². The van der Waals surface area contributed by atoms with Gasteiger partial charge in [0, 0.05) is 6.54 Å². The summed E-state index contributed by atoms with van der Waals surface area (Å²) >= 11 is 0. The van der Waals surface area contributed by atoms with Crippen molar-refractivity contribution in [3.05, 3.63) is 11.9 Å². The van der Waals surface area contributed by atoms with E-state index < -0.39 is 30.9 Å². The van der Waals surface area contributed by atoms with Crippen molar-refractivity contribution in [2.75, 3.05) is 18.4 Å². The molecule has 0 radical (unpaired) electrons. The Morgan fingerprint density at radius 3 is 2.42 bits per heavy atom. The summed E-state index contributed by atoms with van der Waals surface area (Å²) in [7, 11) is 0. The maximum absolute atomic E-state index is 12.6. The number of amides is 2. The van der Waals surface area contributed by atoms with Crippen molar-refractivity contribution >= 4 is 11.7 Å². The third kappa shape index (κ3) is 3.50. The van der Waals surface area contributed by atoms with Crippen LogP contribution in [0.5, 0.6) is 0 Å². The molecule has 1 fully saturated rings. The molecule has 1 aromatic heterocycles. The van der Waals surface area contributed by atoms with E-state index in [0.29, 0.717) is 18.2 Å². The third-order valence-corrected chi connectivity index (χ3v) is 3.93. The molecule has 24 heavy (non-hydrogen) atoms. The van der Waals surface area contributed by atoms with Gasteiger partial charge in [0.25, 0.3) is 0 Å². The predicted octanol–water partition coefficient (Wildman–Crippen LogP) is 2.80. The van der Waals surface area contributed by atoms with Crippen LogP contribution in [0.2, 0.25) is 0 Å². The summed E-state index contributed by atoms with van der Waals surface area (Å²) in [5, 5.41) is 16.3. The molecule has 2 rings (SSSR count). The first-order valence-corrected chi connectivity index (χ1v) is 7.85. The number of aromatic nitrogens is 2. The van der Waals surface area contributed by atoms with Gasteiger partial charge in [0.05, 0.1) is 30.7 Å². The lowest BCUT2D eigenvalue weighted by Gasteiger charge is -2.46. The molecule has 1 aliphatic heterocycles. The molecule has 1 aliphatic rings. The van der Waals surface area contributed by atoms with Crippen molar-refractivity contribution in [3.8, 4) is 0 Å². The normalized spacial score (nSPS) is 17.3. The van der Waals surface area contributed by atoms with Crippen LogP contribution in [-0.4, -0.2) is 50.7 Å². The van der Waals surface area contributed by atoms with Crippen molar-refractivity contribution in [3.63, 3.8) is 0 Å². The molecular weight excluding hydrogens is 325 g/mol. The van der Waals surface area contributed by atoms with Crippen LogP contribution in [0, 0.1) is 5.92 Å². The van der Waals surface area contributed by atoms with Crippen LogP contribution in [0.25, 0.3) is 0 Å². The number of nitrogens with one attached hydrogen (secondary N) is 1. The fourth-order valence-electron chi connectivity index (χ4n) is 2.69. The molecule has 2 amide bonds. The molecule has 6 nitrogen and oxygen atoms in total. The molecule has 0 saturated carbocycles. The van der Waals surface area contributed by atoms with Gasteiger partial charge in [-0.05, 0) is 11.8 Å². The number of carbonyl (C=O) groups excluding carboxylic acids is 1. The number of hydrogen-bond acceptors (Lipinski definition) is 3. The lowest BCUT2D eigenvalue weighted by atomic mass is 9.94. The van der Waals surface area contributed by atoms with E-state index in [1.54, 1.807) is 4.68 Å². The van der Waals surface area contributed by atoms with Gasteiger partial charge in [0.2, 0.25) is 0 Å². The Morgan fingerprint density at radius 1 is 1.38 bits per heavy atom. The maximum atomic E-state index is 12.6. The largest absolute Gasteiger partial charge is 0.420 e. The number of anilines is 1. The second-order valence-corrected chi connectivity index (χ2v) is 6.99. The molecule has 0 unspecified atom stereocenters. The zero-order valence-corrected chi connectivity index (χ0v) is 14.2. The van der Waals surface area contributed by atoms with Crippen LogP contribution < -0.4 is 5.32 Å². The first-order valence-electron chi connectivity index (χ1n) is 7.85. The van der Waals surface area contributed by atoms with E-state index in [9.17, 15) is 23.1 Å². The highest BCUT2D eigenvalue weighted by Gasteiger charge is 2.62. The molecule has 136 valence electrons. The van der Waals surface area contributed by atoms with Gasteiger partial charge in [-0.1, -0.05) is 27.7 Å². The lowest BCUT2D eigenvalue weighted by Crippen LogP contribution is -2.70. The molecule has 2 N–H and O–H groups in total. The summed E-state index contributed by atoms with van der Waals surface area (Å²) in [5.41, 5.74) is -1.51. The number of nitrogens with zero attached hydrogens (tertiary/aromatic N) is 3. The maximum Gasteiger partial charge on any atom is 0.420 e.